The molecule has 0 radical (unpaired) electrons. The molecular formula is C11H15F2N. The molecule has 1 aromatic rings. The molecule has 0 saturated heterocycles. The van der Waals surface area contributed by atoms with Crippen LogP contribution in [0.1, 0.15) is 31.2 Å². The number of halogens is 2. The van der Waals surface area contributed by atoms with Crippen LogP contribution >= 0.6 is 0 Å². The Morgan fingerprint density at radius 2 is 1.86 bits per heavy atom. The van der Waals surface area contributed by atoms with Gasteiger partial charge in [0.05, 0.1) is 0 Å². The summed E-state index contributed by atoms with van der Waals surface area (Å²) in [7, 11) is 0. The zero-order valence-electron chi connectivity index (χ0n) is 8.26. The predicted molar refractivity (Wildman–Crippen MR) is 53.1 cm³/mol. The molecule has 1 atom stereocenters. The van der Waals surface area contributed by atoms with Crippen molar-refractivity contribution in [2.24, 2.45) is 5.73 Å². The van der Waals surface area contributed by atoms with Crippen LogP contribution in [-0.2, 0) is 0 Å². The van der Waals surface area contributed by atoms with E-state index in [0.29, 0.717) is 13.0 Å². The number of rotatable bonds is 4. The SMILES string of the molecule is CC(CCCN)c1c(F)cccc1F. The summed E-state index contributed by atoms with van der Waals surface area (Å²) >= 11 is 0. The van der Waals surface area contributed by atoms with Gasteiger partial charge < -0.3 is 5.73 Å². The monoisotopic (exact) mass is 199 g/mol. The lowest BCUT2D eigenvalue weighted by Crippen LogP contribution is -2.05. The van der Waals surface area contributed by atoms with Crippen molar-refractivity contribution in [2.75, 3.05) is 6.54 Å². The minimum absolute atomic E-state index is 0.111. The molecule has 0 bridgehead atoms. The fraction of sp³-hybridized carbons (Fsp3) is 0.455. The summed E-state index contributed by atoms with van der Waals surface area (Å²) in [6, 6.07) is 3.96. The summed E-state index contributed by atoms with van der Waals surface area (Å²) in [6.07, 6.45) is 1.50. The summed E-state index contributed by atoms with van der Waals surface area (Å²) in [6.45, 7) is 2.37. The highest BCUT2D eigenvalue weighted by atomic mass is 19.1. The van der Waals surface area contributed by atoms with Crippen LogP contribution in [0.4, 0.5) is 8.78 Å². The van der Waals surface area contributed by atoms with Crippen LogP contribution in [0.15, 0.2) is 18.2 Å². The summed E-state index contributed by atoms with van der Waals surface area (Å²) in [5.41, 5.74) is 5.52. The Balaban J connectivity index is 2.82. The smallest absolute Gasteiger partial charge is 0.129 e. The maximum Gasteiger partial charge on any atom is 0.129 e. The third-order valence-electron chi connectivity index (χ3n) is 2.33. The van der Waals surface area contributed by atoms with Crippen LogP contribution in [0.3, 0.4) is 0 Å². The average Bonchev–Trinajstić information content (AvgIpc) is 2.14. The minimum Gasteiger partial charge on any atom is -0.330 e. The Hall–Kier alpha value is -0.960. The molecule has 1 rings (SSSR count). The van der Waals surface area contributed by atoms with Gasteiger partial charge in [0.15, 0.2) is 0 Å². The van der Waals surface area contributed by atoms with Crippen LogP contribution in [-0.4, -0.2) is 6.54 Å². The molecule has 1 aromatic carbocycles. The average molecular weight is 199 g/mol. The van der Waals surface area contributed by atoms with Crippen molar-refractivity contribution in [3.63, 3.8) is 0 Å². The van der Waals surface area contributed by atoms with E-state index < -0.39 is 11.6 Å². The molecule has 0 aromatic heterocycles. The van der Waals surface area contributed by atoms with Crippen molar-refractivity contribution in [1.29, 1.82) is 0 Å². The maximum atomic E-state index is 13.3. The molecule has 0 amide bonds. The van der Waals surface area contributed by atoms with E-state index in [-0.39, 0.29) is 11.5 Å². The molecule has 0 saturated carbocycles. The van der Waals surface area contributed by atoms with E-state index in [9.17, 15) is 8.78 Å². The summed E-state index contributed by atoms with van der Waals surface area (Å²) in [5, 5.41) is 0. The summed E-state index contributed by atoms with van der Waals surface area (Å²) in [4.78, 5) is 0. The molecule has 0 aliphatic heterocycles. The van der Waals surface area contributed by atoms with Crippen LogP contribution in [0.2, 0.25) is 0 Å². The first-order valence-electron chi connectivity index (χ1n) is 4.80. The first-order valence-corrected chi connectivity index (χ1v) is 4.80. The van der Waals surface area contributed by atoms with E-state index in [1.54, 1.807) is 0 Å². The third kappa shape index (κ3) is 2.51. The molecule has 0 aliphatic rings. The van der Waals surface area contributed by atoms with E-state index in [1.807, 2.05) is 6.92 Å². The fourth-order valence-electron chi connectivity index (χ4n) is 1.55. The van der Waals surface area contributed by atoms with Crippen LogP contribution in [0.5, 0.6) is 0 Å². The molecular weight excluding hydrogens is 184 g/mol. The zero-order valence-corrected chi connectivity index (χ0v) is 8.26. The van der Waals surface area contributed by atoms with Gasteiger partial charge in [-0.25, -0.2) is 8.78 Å². The van der Waals surface area contributed by atoms with Crippen molar-refractivity contribution in [3.05, 3.63) is 35.4 Å². The quantitative estimate of drug-likeness (QED) is 0.792. The van der Waals surface area contributed by atoms with Crippen molar-refractivity contribution in [3.8, 4) is 0 Å². The summed E-state index contributed by atoms with van der Waals surface area (Å²) in [5.74, 6) is -1.04. The molecule has 1 unspecified atom stereocenters. The Kier molecular flexibility index (Phi) is 4.01. The molecule has 0 heterocycles. The van der Waals surface area contributed by atoms with Gasteiger partial charge in [0, 0.05) is 5.56 Å². The van der Waals surface area contributed by atoms with Crippen molar-refractivity contribution in [1.82, 2.24) is 0 Å². The highest BCUT2D eigenvalue weighted by Gasteiger charge is 2.14. The number of hydrogen-bond acceptors (Lipinski definition) is 1. The van der Waals surface area contributed by atoms with Crippen LogP contribution in [0, 0.1) is 11.6 Å². The molecule has 0 fully saturated rings. The van der Waals surface area contributed by atoms with Crippen LogP contribution < -0.4 is 5.73 Å². The van der Waals surface area contributed by atoms with Gasteiger partial charge in [-0.3, -0.25) is 0 Å². The van der Waals surface area contributed by atoms with Crippen molar-refractivity contribution >= 4 is 0 Å². The number of nitrogens with two attached hydrogens (primary N) is 1. The molecule has 3 heteroatoms. The van der Waals surface area contributed by atoms with E-state index in [1.165, 1.54) is 18.2 Å². The topological polar surface area (TPSA) is 26.0 Å². The van der Waals surface area contributed by atoms with Gasteiger partial charge in [0.2, 0.25) is 0 Å². The normalized spacial score (nSPS) is 12.9. The Labute approximate surface area is 82.9 Å². The lowest BCUT2D eigenvalue weighted by molar-refractivity contribution is 0.515. The number of hydrogen-bond donors (Lipinski definition) is 1. The van der Waals surface area contributed by atoms with E-state index >= 15 is 0 Å². The fourth-order valence-corrected chi connectivity index (χ4v) is 1.55. The molecule has 0 spiro atoms. The minimum atomic E-state index is -0.463. The molecule has 14 heavy (non-hydrogen) atoms. The zero-order chi connectivity index (χ0) is 10.6. The molecule has 78 valence electrons. The second-order valence-electron chi connectivity index (χ2n) is 3.47. The second-order valence-corrected chi connectivity index (χ2v) is 3.47. The van der Waals surface area contributed by atoms with Gasteiger partial charge in [-0.2, -0.15) is 0 Å². The van der Waals surface area contributed by atoms with Gasteiger partial charge in [-0.05, 0) is 37.4 Å². The Morgan fingerprint density at radius 1 is 1.29 bits per heavy atom. The lowest BCUT2D eigenvalue weighted by atomic mass is 9.95. The van der Waals surface area contributed by atoms with Gasteiger partial charge in [-0.15, -0.1) is 0 Å². The van der Waals surface area contributed by atoms with Crippen LogP contribution in [0.25, 0.3) is 0 Å². The molecule has 0 aliphatic carbocycles. The molecule has 2 N–H and O–H groups in total. The van der Waals surface area contributed by atoms with E-state index in [0.717, 1.165) is 6.42 Å². The second kappa shape index (κ2) is 5.05. The van der Waals surface area contributed by atoms with Crippen molar-refractivity contribution in [2.45, 2.75) is 25.7 Å². The third-order valence-corrected chi connectivity index (χ3v) is 2.33. The first kappa shape index (κ1) is 11.1. The van der Waals surface area contributed by atoms with E-state index in [4.69, 9.17) is 5.73 Å². The first-order chi connectivity index (χ1) is 6.66. The lowest BCUT2D eigenvalue weighted by Gasteiger charge is -2.12. The standard InChI is InChI=1S/C11H15F2N/c1-8(4-3-7-14)11-9(12)5-2-6-10(11)13/h2,5-6,8H,3-4,7,14H2,1H3. The van der Waals surface area contributed by atoms with E-state index in [2.05, 4.69) is 0 Å². The number of benzene rings is 1. The Bertz CT molecular complexity index is 279. The van der Waals surface area contributed by atoms with Gasteiger partial charge in [0.1, 0.15) is 11.6 Å². The predicted octanol–water partition coefficient (Wildman–Crippen LogP) is 2.81. The highest BCUT2D eigenvalue weighted by molar-refractivity contribution is 5.23. The largest absolute Gasteiger partial charge is 0.330 e. The Morgan fingerprint density at radius 3 is 2.36 bits per heavy atom. The van der Waals surface area contributed by atoms with Gasteiger partial charge >= 0.3 is 0 Å². The van der Waals surface area contributed by atoms with Crippen molar-refractivity contribution < 1.29 is 8.78 Å². The molecule has 1 nitrogen and oxygen atoms in total. The summed E-state index contributed by atoms with van der Waals surface area (Å²) < 4.78 is 26.5. The maximum absolute atomic E-state index is 13.3. The van der Waals surface area contributed by atoms with Gasteiger partial charge in [-0.1, -0.05) is 13.0 Å². The van der Waals surface area contributed by atoms with Gasteiger partial charge in [0.25, 0.3) is 0 Å². The highest BCUT2D eigenvalue weighted by Crippen LogP contribution is 2.25.